The van der Waals surface area contributed by atoms with Crippen molar-refractivity contribution < 1.29 is 9.18 Å². The van der Waals surface area contributed by atoms with Crippen molar-refractivity contribution in [3.8, 4) is 11.3 Å². The van der Waals surface area contributed by atoms with Crippen LogP contribution in [0.1, 0.15) is 29.8 Å². The molecule has 0 saturated carbocycles. The summed E-state index contributed by atoms with van der Waals surface area (Å²) in [4.78, 5) is 18.9. The molecule has 8 heteroatoms. The van der Waals surface area contributed by atoms with E-state index < -0.39 is 0 Å². The number of thiazole rings is 1. The van der Waals surface area contributed by atoms with Crippen LogP contribution in [-0.4, -0.2) is 17.4 Å². The Labute approximate surface area is 218 Å². The van der Waals surface area contributed by atoms with E-state index in [0.717, 1.165) is 16.8 Å². The Bertz CT molecular complexity index is 1320. The van der Waals surface area contributed by atoms with Crippen molar-refractivity contribution in [2.75, 3.05) is 11.4 Å². The minimum atomic E-state index is -0.344. The zero-order valence-electron chi connectivity index (χ0n) is 19.3. The Hall–Kier alpha value is -2.93. The van der Waals surface area contributed by atoms with E-state index in [1.807, 2.05) is 42.3 Å². The summed E-state index contributed by atoms with van der Waals surface area (Å²) in [6.45, 7) is 5.09. The molecule has 4 aromatic rings. The summed E-state index contributed by atoms with van der Waals surface area (Å²) < 4.78 is 14.8. The lowest BCUT2D eigenvalue weighted by molar-refractivity contribution is 0.0949. The molecule has 0 aliphatic carbocycles. The van der Waals surface area contributed by atoms with E-state index in [9.17, 15) is 9.18 Å². The van der Waals surface area contributed by atoms with Gasteiger partial charge >= 0.3 is 0 Å². The zero-order chi connectivity index (χ0) is 24.9. The van der Waals surface area contributed by atoms with Crippen LogP contribution in [0.2, 0.25) is 10.0 Å². The number of para-hydroxylation sites is 1. The first-order chi connectivity index (χ1) is 16.8. The molecule has 180 valence electrons. The Morgan fingerprint density at radius 1 is 1.06 bits per heavy atom. The molecular formula is C27H24Cl2FN3OS. The van der Waals surface area contributed by atoms with Crippen LogP contribution in [0.5, 0.6) is 0 Å². The van der Waals surface area contributed by atoms with Gasteiger partial charge in [-0.3, -0.25) is 4.79 Å². The molecule has 0 fully saturated rings. The maximum Gasteiger partial charge on any atom is 0.251 e. The molecule has 0 aliphatic heterocycles. The summed E-state index contributed by atoms with van der Waals surface area (Å²) in [7, 11) is 0. The number of nitrogens with zero attached hydrogens (tertiary/aromatic N) is 2. The Morgan fingerprint density at radius 3 is 2.49 bits per heavy atom. The second-order valence-corrected chi connectivity index (χ2v) is 10.1. The number of halogens is 3. The largest absolute Gasteiger partial charge is 0.352 e. The van der Waals surface area contributed by atoms with Crippen molar-refractivity contribution in [3.63, 3.8) is 0 Å². The van der Waals surface area contributed by atoms with Crippen LogP contribution < -0.4 is 10.2 Å². The van der Waals surface area contributed by atoms with Crippen molar-refractivity contribution in [2.24, 2.45) is 5.92 Å². The number of hydrogen-bond acceptors (Lipinski definition) is 4. The molecular weight excluding hydrogens is 504 g/mol. The van der Waals surface area contributed by atoms with E-state index >= 15 is 0 Å². The molecule has 1 N–H and O–H groups in total. The number of amides is 1. The molecule has 1 aromatic heterocycles. The third-order valence-corrected chi connectivity index (χ3v) is 6.91. The standard InChI is InChI=1S/C27H24Cl2FN3OS/c1-17(2)14-31-26(34)19-9-7-18(8-10-19)15-33(25-6-4-3-5-23(25)30)27-32-24(16-35-27)20-11-12-21(28)22(29)13-20/h3-13,16-17H,14-15H2,1-2H3,(H,31,34). The fourth-order valence-electron chi connectivity index (χ4n) is 3.45. The van der Waals surface area contributed by atoms with Gasteiger partial charge in [0.05, 0.1) is 28.0 Å². The molecule has 3 aromatic carbocycles. The van der Waals surface area contributed by atoms with Gasteiger partial charge in [0, 0.05) is 23.1 Å². The van der Waals surface area contributed by atoms with Crippen LogP contribution in [0.25, 0.3) is 11.3 Å². The highest BCUT2D eigenvalue weighted by Gasteiger charge is 2.19. The maximum absolute atomic E-state index is 14.8. The molecule has 4 nitrogen and oxygen atoms in total. The quantitative estimate of drug-likeness (QED) is 0.252. The van der Waals surface area contributed by atoms with Gasteiger partial charge in [0.2, 0.25) is 0 Å². The number of benzene rings is 3. The second-order valence-electron chi connectivity index (χ2n) is 8.48. The van der Waals surface area contributed by atoms with Crippen LogP contribution >= 0.6 is 34.5 Å². The highest BCUT2D eigenvalue weighted by Crippen LogP contribution is 2.36. The fraction of sp³-hybridized carbons (Fsp3) is 0.185. The maximum atomic E-state index is 14.8. The second kappa shape index (κ2) is 11.2. The lowest BCUT2D eigenvalue weighted by Gasteiger charge is -2.23. The van der Waals surface area contributed by atoms with E-state index in [-0.39, 0.29) is 11.7 Å². The van der Waals surface area contributed by atoms with Crippen molar-refractivity contribution in [2.45, 2.75) is 20.4 Å². The van der Waals surface area contributed by atoms with E-state index in [2.05, 4.69) is 5.32 Å². The number of carbonyl (C=O) groups is 1. The van der Waals surface area contributed by atoms with E-state index in [4.69, 9.17) is 28.2 Å². The molecule has 35 heavy (non-hydrogen) atoms. The lowest BCUT2D eigenvalue weighted by Crippen LogP contribution is -2.27. The van der Waals surface area contributed by atoms with Crippen molar-refractivity contribution >= 4 is 51.3 Å². The summed E-state index contributed by atoms with van der Waals surface area (Å²) in [5, 5.41) is 6.38. The van der Waals surface area contributed by atoms with Crippen molar-refractivity contribution in [3.05, 3.63) is 99.1 Å². The molecule has 1 heterocycles. The van der Waals surface area contributed by atoms with Crippen LogP contribution in [-0.2, 0) is 6.54 Å². The summed E-state index contributed by atoms with van der Waals surface area (Å²) in [5.74, 6) is -0.0782. The molecule has 0 atom stereocenters. The summed E-state index contributed by atoms with van der Waals surface area (Å²) in [6, 6.07) is 19.3. The molecule has 0 aliphatic rings. The highest BCUT2D eigenvalue weighted by molar-refractivity contribution is 7.14. The normalized spacial score (nSPS) is 11.0. The minimum absolute atomic E-state index is 0.109. The third kappa shape index (κ3) is 6.20. The predicted octanol–water partition coefficient (Wildman–Crippen LogP) is 7.98. The van der Waals surface area contributed by atoms with Gasteiger partial charge in [-0.05, 0) is 47.9 Å². The number of hydrogen-bond donors (Lipinski definition) is 1. The number of carbonyl (C=O) groups excluding carboxylic acids is 1. The predicted molar refractivity (Wildman–Crippen MR) is 143 cm³/mol. The average molecular weight is 528 g/mol. The van der Waals surface area contributed by atoms with E-state index in [1.54, 1.807) is 42.5 Å². The highest BCUT2D eigenvalue weighted by atomic mass is 35.5. The van der Waals surface area contributed by atoms with E-state index in [0.29, 0.717) is 45.4 Å². The summed E-state index contributed by atoms with van der Waals surface area (Å²) in [6.07, 6.45) is 0. The van der Waals surface area contributed by atoms with Gasteiger partial charge in [-0.1, -0.05) is 67.4 Å². The Balaban J connectivity index is 1.62. The monoisotopic (exact) mass is 527 g/mol. The number of aromatic nitrogens is 1. The zero-order valence-corrected chi connectivity index (χ0v) is 21.6. The van der Waals surface area contributed by atoms with Gasteiger partial charge in [-0.2, -0.15) is 0 Å². The van der Waals surface area contributed by atoms with Crippen LogP contribution in [0.4, 0.5) is 15.2 Å². The SMILES string of the molecule is CC(C)CNC(=O)c1ccc(CN(c2nc(-c3ccc(Cl)c(Cl)c3)cs2)c2ccccc2F)cc1. The fourth-order valence-corrected chi connectivity index (χ4v) is 4.59. The first-order valence-corrected chi connectivity index (χ1v) is 12.8. The Kier molecular flexibility index (Phi) is 8.06. The summed E-state index contributed by atoms with van der Waals surface area (Å²) >= 11 is 13.6. The minimum Gasteiger partial charge on any atom is -0.352 e. The molecule has 0 radical (unpaired) electrons. The molecule has 1 amide bonds. The average Bonchev–Trinajstić information content (AvgIpc) is 3.34. The topological polar surface area (TPSA) is 45.2 Å². The smallest absolute Gasteiger partial charge is 0.251 e. The van der Waals surface area contributed by atoms with Gasteiger partial charge in [-0.15, -0.1) is 11.3 Å². The molecule has 0 unspecified atom stereocenters. The number of anilines is 2. The van der Waals surface area contributed by atoms with Gasteiger partial charge in [0.1, 0.15) is 5.82 Å². The van der Waals surface area contributed by atoms with Gasteiger partial charge < -0.3 is 10.2 Å². The number of nitrogens with one attached hydrogen (secondary N) is 1. The van der Waals surface area contributed by atoms with Gasteiger partial charge in [-0.25, -0.2) is 9.37 Å². The molecule has 0 saturated heterocycles. The van der Waals surface area contributed by atoms with Crippen molar-refractivity contribution in [1.29, 1.82) is 0 Å². The Morgan fingerprint density at radius 2 is 1.80 bits per heavy atom. The first kappa shape index (κ1) is 25.2. The summed E-state index contributed by atoms with van der Waals surface area (Å²) in [5.41, 5.74) is 3.47. The van der Waals surface area contributed by atoms with Gasteiger partial charge in [0.25, 0.3) is 5.91 Å². The van der Waals surface area contributed by atoms with E-state index in [1.165, 1.54) is 17.4 Å². The number of rotatable bonds is 8. The van der Waals surface area contributed by atoms with Crippen LogP contribution in [0.3, 0.4) is 0 Å². The third-order valence-electron chi connectivity index (χ3n) is 5.31. The molecule has 0 bridgehead atoms. The lowest BCUT2D eigenvalue weighted by atomic mass is 10.1. The van der Waals surface area contributed by atoms with Crippen molar-refractivity contribution in [1.82, 2.24) is 10.3 Å². The van der Waals surface area contributed by atoms with Crippen LogP contribution in [0.15, 0.2) is 72.1 Å². The van der Waals surface area contributed by atoms with Crippen LogP contribution in [0, 0.1) is 11.7 Å². The molecule has 0 spiro atoms. The van der Waals surface area contributed by atoms with Gasteiger partial charge in [0.15, 0.2) is 5.13 Å². The molecule has 4 rings (SSSR count). The first-order valence-electron chi connectivity index (χ1n) is 11.1.